The van der Waals surface area contributed by atoms with Gasteiger partial charge in [0.1, 0.15) is 10.6 Å². The van der Waals surface area contributed by atoms with Crippen molar-refractivity contribution in [2.75, 3.05) is 11.9 Å². The van der Waals surface area contributed by atoms with Crippen LogP contribution in [0.3, 0.4) is 0 Å². The first kappa shape index (κ1) is 16.0. The lowest BCUT2D eigenvalue weighted by molar-refractivity contribution is -0.0325. The summed E-state index contributed by atoms with van der Waals surface area (Å²) in [5.74, 6) is 0. The maximum absolute atomic E-state index is 5.88. The van der Waals surface area contributed by atoms with E-state index in [4.69, 9.17) is 9.72 Å². The molecule has 0 aliphatic rings. The number of hydrogen-bond donors (Lipinski definition) is 1. The van der Waals surface area contributed by atoms with Crippen molar-refractivity contribution >= 4 is 17.0 Å². The Morgan fingerprint density at radius 3 is 2.57 bits per heavy atom. The summed E-state index contributed by atoms with van der Waals surface area (Å²) >= 11 is 1.68. The topological polar surface area (TPSA) is 34.1 Å². The Kier molecular flexibility index (Phi) is 5.37. The molecule has 1 atom stereocenters. The zero-order valence-corrected chi connectivity index (χ0v) is 14.1. The van der Waals surface area contributed by atoms with Gasteiger partial charge < -0.3 is 10.1 Å². The largest absolute Gasteiger partial charge is 0.379 e. The van der Waals surface area contributed by atoms with Gasteiger partial charge in [-0.05, 0) is 39.3 Å². The monoisotopic (exact) mass is 304 g/mol. The number of aryl methyl sites for hydroxylation is 1. The van der Waals surface area contributed by atoms with Gasteiger partial charge in [0.25, 0.3) is 0 Å². The van der Waals surface area contributed by atoms with E-state index in [1.165, 1.54) is 5.56 Å². The molecule has 4 heteroatoms. The Morgan fingerprint density at radius 1 is 1.24 bits per heavy atom. The number of hydrogen-bond acceptors (Lipinski definition) is 4. The molecular weight excluding hydrogens is 280 g/mol. The molecule has 0 amide bonds. The van der Waals surface area contributed by atoms with Gasteiger partial charge in [-0.25, -0.2) is 4.98 Å². The molecule has 1 N–H and O–H groups in total. The lowest BCUT2D eigenvalue weighted by Gasteiger charge is -2.25. The first-order valence-corrected chi connectivity index (χ1v) is 8.34. The van der Waals surface area contributed by atoms with Gasteiger partial charge in [0.2, 0.25) is 0 Å². The van der Waals surface area contributed by atoms with Crippen molar-refractivity contribution in [3.05, 3.63) is 45.9 Å². The Hall–Kier alpha value is -1.39. The predicted molar refractivity (Wildman–Crippen MR) is 89.9 cm³/mol. The van der Waals surface area contributed by atoms with E-state index in [1.807, 2.05) is 6.92 Å². The second-order valence-corrected chi connectivity index (χ2v) is 6.24. The number of ether oxygens (including phenoxy) is 1. The number of nitrogens with one attached hydrogen (secondary N) is 1. The normalized spacial score (nSPS) is 13.9. The summed E-state index contributed by atoms with van der Waals surface area (Å²) in [4.78, 5) is 4.74. The van der Waals surface area contributed by atoms with Crippen LogP contribution in [0.25, 0.3) is 0 Å². The third-order valence-corrected chi connectivity index (χ3v) is 4.80. The molecule has 0 saturated heterocycles. The molecule has 0 radical (unpaired) electrons. The number of rotatable bonds is 7. The van der Waals surface area contributed by atoms with Gasteiger partial charge in [-0.2, -0.15) is 0 Å². The first-order chi connectivity index (χ1) is 10.1. The van der Waals surface area contributed by atoms with Crippen LogP contribution >= 0.6 is 11.3 Å². The number of aromatic nitrogens is 1. The summed E-state index contributed by atoms with van der Waals surface area (Å²) in [5.41, 5.74) is 3.20. The molecule has 1 aromatic carbocycles. The van der Waals surface area contributed by atoms with Crippen LogP contribution < -0.4 is 5.32 Å². The molecule has 2 aromatic rings. The van der Waals surface area contributed by atoms with Crippen LogP contribution in [0.4, 0.5) is 5.69 Å². The van der Waals surface area contributed by atoms with Crippen LogP contribution in [0, 0.1) is 6.92 Å². The molecule has 21 heavy (non-hydrogen) atoms. The van der Waals surface area contributed by atoms with Crippen LogP contribution in [0.1, 0.15) is 43.5 Å². The molecule has 1 heterocycles. The van der Waals surface area contributed by atoms with Crippen molar-refractivity contribution in [2.24, 2.45) is 0 Å². The van der Waals surface area contributed by atoms with Crippen LogP contribution in [0.15, 0.2) is 29.6 Å². The van der Waals surface area contributed by atoms with E-state index >= 15 is 0 Å². The van der Waals surface area contributed by atoms with Crippen LogP contribution in [0.5, 0.6) is 0 Å². The third kappa shape index (κ3) is 4.05. The van der Waals surface area contributed by atoms with Crippen LogP contribution in [0.2, 0.25) is 0 Å². The number of nitrogens with zero attached hydrogens (tertiary/aromatic N) is 1. The highest BCUT2D eigenvalue weighted by atomic mass is 32.1. The predicted octanol–water partition coefficient (Wildman–Crippen LogP) is 4.73. The molecule has 114 valence electrons. The quantitative estimate of drug-likeness (QED) is 0.803. The summed E-state index contributed by atoms with van der Waals surface area (Å²) in [5, 5.41) is 6.58. The van der Waals surface area contributed by atoms with Crippen LogP contribution in [-0.4, -0.2) is 11.6 Å². The molecule has 0 bridgehead atoms. The zero-order chi connectivity index (χ0) is 15.3. The maximum atomic E-state index is 5.88. The van der Waals surface area contributed by atoms with Gasteiger partial charge >= 0.3 is 0 Å². The highest BCUT2D eigenvalue weighted by Crippen LogP contribution is 2.31. The molecule has 0 spiro atoms. The summed E-state index contributed by atoms with van der Waals surface area (Å²) in [6.07, 6.45) is 0.930. The highest BCUT2D eigenvalue weighted by Gasteiger charge is 2.28. The van der Waals surface area contributed by atoms with Crippen molar-refractivity contribution in [1.82, 2.24) is 4.98 Å². The molecule has 3 nitrogen and oxygen atoms in total. The van der Waals surface area contributed by atoms with Gasteiger partial charge in [0, 0.05) is 17.7 Å². The third-order valence-electron chi connectivity index (χ3n) is 3.67. The Balaban J connectivity index is 2.01. The summed E-state index contributed by atoms with van der Waals surface area (Å²) in [6, 6.07) is 8.41. The molecule has 0 aliphatic heterocycles. The van der Waals surface area contributed by atoms with E-state index in [9.17, 15) is 0 Å². The van der Waals surface area contributed by atoms with Crippen molar-refractivity contribution < 1.29 is 4.74 Å². The summed E-state index contributed by atoms with van der Waals surface area (Å²) < 4.78 is 5.88. The van der Waals surface area contributed by atoms with Crippen LogP contribution in [-0.2, 0) is 16.9 Å². The summed E-state index contributed by atoms with van der Waals surface area (Å²) in [7, 11) is 0. The minimum absolute atomic E-state index is 0.262. The Morgan fingerprint density at radius 2 is 1.95 bits per heavy atom. The maximum Gasteiger partial charge on any atom is 0.125 e. The lowest BCUT2D eigenvalue weighted by atomic mass is 10.0. The highest BCUT2D eigenvalue weighted by molar-refractivity contribution is 7.09. The van der Waals surface area contributed by atoms with Gasteiger partial charge in [0.05, 0.1) is 12.2 Å². The van der Waals surface area contributed by atoms with Crippen molar-refractivity contribution in [3.8, 4) is 0 Å². The van der Waals surface area contributed by atoms with Gasteiger partial charge in [-0.1, -0.05) is 24.6 Å². The fourth-order valence-electron chi connectivity index (χ4n) is 2.13. The summed E-state index contributed by atoms with van der Waals surface area (Å²) in [6.45, 7) is 9.83. The molecule has 0 aliphatic carbocycles. The molecular formula is C17H24N2OS. The van der Waals surface area contributed by atoms with Gasteiger partial charge in [-0.3, -0.25) is 0 Å². The van der Waals surface area contributed by atoms with Crippen molar-refractivity contribution in [3.63, 3.8) is 0 Å². The molecule has 1 aromatic heterocycles. The van der Waals surface area contributed by atoms with E-state index in [1.54, 1.807) is 11.3 Å². The van der Waals surface area contributed by atoms with E-state index in [0.29, 0.717) is 6.61 Å². The van der Waals surface area contributed by atoms with Gasteiger partial charge in [-0.15, -0.1) is 11.3 Å². The standard InChI is InChI=1S/C17H24N2OS/c1-5-17(4,20-6-2)16-19-15(12-21-16)11-18-14-9-7-13(3)8-10-14/h7-10,12,18H,5-6,11H2,1-4H3. The zero-order valence-electron chi connectivity index (χ0n) is 13.3. The molecule has 1 unspecified atom stereocenters. The second kappa shape index (κ2) is 7.05. The average Bonchev–Trinajstić information content (AvgIpc) is 2.96. The average molecular weight is 304 g/mol. The Bertz CT molecular complexity index is 564. The number of benzene rings is 1. The fourth-order valence-corrected chi connectivity index (χ4v) is 3.13. The molecule has 0 fully saturated rings. The fraction of sp³-hybridized carbons (Fsp3) is 0.471. The molecule has 2 rings (SSSR count). The number of anilines is 1. The van der Waals surface area contributed by atoms with Crippen molar-refractivity contribution in [2.45, 2.75) is 46.3 Å². The Labute approximate surface area is 131 Å². The lowest BCUT2D eigenvalue weighted by Crippen LogP contribution is -2.25. The van der Waals surface area contributed by atoms with Crippen molar-refractivity contribution in [1.29, 1.82) is 0 Å². The second-order valence-electron chi connectivity index (χ2n) is 5.38. The minimum Gasteiger partial charge on any atom is -0.379 e. The van der Waals surface area contributed by atoms with E-state index in [0.717, 1.165) is 29.4 Å². The number of thiazole rings is 1. The molecule has 0 saturated carbocycles. The van der Waals surface area contributed by atoms with E-state index < -0.39 is 0 Å². The first-order valence-electron chi connectivity index (χ1n) is 7.46. The smallest absolute Gasteiger partial charge is 0.125 e. The SMILES string of the molecule is CCOC(C)(CC)c1nc(CNc2ccc(C)cc2)cs1. The van der Waals surface area contributed by atoms with Gasteiger partial charge in [0.15, 0.2) is 0 Å². The van der Waals surface area contributed by atoms with E-state index in [2.05, 4.69) is 55.7 Å². The van der Waals surface area contributed by atoms with E-state index in [-0.39, 0.29) is 5.60 Å². The minimum atomic E-state index is -0.262.